The van der Waals surface area contributed by atoms with Crippen LogP contribution in [0.15, 0.2) is 12.2 Å². The first-order valence-electron chi connectivity index (χ1n) is 36.2. The summed E-state index contributed by atoms with van der Waals surface area (Å²) < 4.78 is 17.0. The van der Waals surface area contributed by atoms with Crippen molar-refractivity contribution in [1.82, 2.24) is 0 Å². The normalized spacial score (nSPS) is 12.0. The van der Waals surface area contributed by atoms with E-state index in [0.29, 0.717) is 19.3 Å². The van der Waals surface area contributed by atoms with Crippen LogP contribution in [0.3, 0.4) is 0 Å². The van der Waals surface area contributed by atoms with E-state index in [2.05, 4.69) is 32.9 Å². The highest BCUT2D eigenvalue weighted by molar-refractivity contribution is 5.71. The van der Waals surface area contributed by atoms with E-state index in [-0.39, 0.29) is 31.1 Å². The maximum atomic E-state index is 12.9. The highest BCUT2D eigenvalue weighted by atomic mass is 16.6. The third-order valence-corrected chi connectivity index (χ3v) is 16.8. The molecule has 0 saturated heterocycles. The van der Waals surface area contributed by atoms with E-state index in [1.54, 1.807) is 0 Å². The van der Waals surface area contributed by atoms with Crippen molar-refractivity contribution in [2.24, 2.45) is 0 Å². The Morgan fingerprint density at radius 3 is 0.633 bits per heavy atom. The van der Waals surface area contributed by atoms with Crippen LogP contribution in [-0.4, -0.2) is 37.2 Å². The molecular formula is C73H140O6. The molecule has 6 heteroatoms. The van der Waals surface area contributed by atoms with Gasteiger partial charge in [0.2, 0.25) is 0 Å². The summed E-state index contributed by atoms with van der Waals surface area (Å²) in [6.07, 6.45) is 82.7. The smallest absolute Gasteiger partial charge is 0.306 e. The Hall–Kier alpha value is -1.85. The molecule has 0 amide bonds. The average molecular weight is 1110 g/mol. The zero-order valence-electron chi connectivity index (χ0n) is 53.9. The van der Waals surface area contributed by atoms with E-state index < -0.39 is 6.10 Å². The lowest BCUT2D eigenvalue weighted by Crippen LogP contribution is -2.30. The van der Waals surface area contributed by atoms with Crippen LogP contribution in [0.4, 0.5) is 0 Å². The molecule has 0 aliphatic carbocycles. The summed E-state index contributed by atoms with van der Waals surface area (Å²) in [6, 6.07) is 0. The van der Waals surface area contributed by atoms with E-state index in [0.717, 1.165) is 57.8 Å². The van der Waals surface area contributed by atoms with Crippen LogP contribution in [-0.2, 0) is 28.6 Å². The van der Waals surface area contributed by atoms with Gasteiger partial charge in [0, 0.05) is 19.3 Å². The molecule has 6 nitrogen and oxygen atoms in total. The van der Waals surface area contributed by atoms with E-state index in [9.17, 15) is 14.4 Å². The first-order chi connectivity index (χ1) is 39.0. The average Bonchev–Trinajstić information content (AvgIpc) is 3.45. The highest BCUT2D eigenvalue weighted by Crippen LogP contribution is 2.19. The first kappa shape index (κ1) is 77.2. The van der Waals surface area contributed by atoms with E-state index in [4.69, 9.17) is 14.2 Å². The summed E-state index contributed by atoms with van der Waals surface area (Å²) >= 11 is 0. The molecule has 1 unspecified atom stereocenters. The minimum atomic E-state index is -0.767. The molecule has 0 rings (SSSR count). The zero-order chi connectivity index (χ0) is 57.1. The second-order valence-corrected chi connectivity index (χ2v) is 24.9. The minimum absolute atomic E-state index is 0.0643. The molecule has 0 bridgehead atoms. The van der Waals surface area contributed by atoms with Crippen molar-refractivity contribution in [3.8, 4) is 0 Å². The minimum Gasteiger partial charge on any atom is -0.462 e. The van der Waals surface area contributed by atoms with E-state index in [1.165, 1.54) is 321 Å². The second kappa shape index (κ2) is 68.6. The Balaban J connectivity index is 4.04. The van der Waals surface area contributed by atoms with Gasteiger partial charge in [-0.25, -0.2) is 0 Å². The molecule has 0 fully saturated rings. The van der Waals surface area contributed by atoms with Crippen molar-refractivity contribution < 1.29 is 28.6 Å². The van der Waals surface area contributed by atoms with Gasteiger partial charge in [0.1, 0.15) is 13.2 Å². The number of rotatable bonds is 68. The van der Waals surface area contributed by atoms with Gasteiger partial charge in [0.15, 0.2) is 6.10 Å². The predicted molar refractivity (Wildman–Crippen MR) is 344 cm³/mol. The van der Waals surface area contributed by atoms with E-state index >= 15 is 0 Å². The summed E-state index contributed by atoms with van der Waals surface area (Å²) in [7, 11) is 0. The van der Waals surface area contributed by atoms with Crippen molar-refractivity contribution in [3.05, 3.63) is 12.2 Å². The molecule has 0 aromatic rings. The van der Waals surface area contributed by atoms with Gasteiger partial charge in [-0.1, -0.05) is 367 Å². The molecule has 0 radical (unpaired) electrons. The fourth-order valence-electron chi connectivity index (χ4n) is 11.3. The lowest BCUT2D eigenvalue weighted by Gasteiger charge is -2.18. The van der Waals surface area contributed by atoms with Gasteiger partial charge in [0.05, 0.1) is 0 Å². The highest BCUT2D eigenvalue weighted by Gasteiger charge is 2.19. The number of esters is 3. The molecule has 0 spiro atoms. The lowest BCUT2D eigenvalue weighted by atomic mass is 10.0. The standard InChI is InChI=1S/C73H140O6/c1-4-7-10-13-16-19-22-24-26-28-30-31-32-33-34-35-36-37-38-39-40-41-42-44-45-47-49-51-54-57-60-63-66-72(75)78-69-70(68-77-71(74)65-62-59-56-53-21-18-15-12-9-6-3)79-73(76)67-64-61-58-55-52-50-48-46-43-29-27-25-23-20-17-14-11-8-5-2/h25,27,70H,4-24,26,28-69H2,1-3H3/b27-25-. The molecule has 0 aromatic carbocycles. The molecule has 0 heterocycles. The van der Waals surface area contributed by atoms with Crippen LogP contribution in [0.25, 0.3) is 0 Å². The Morgan fingerprint density at radius 2 is 0.418 bits per heavy atom. The Morgan fingerprint density at radius 1 is 0.241 bits per heavy atom. The fraction of sp³-hybridized carbons (Fsp3) is 0.932. The van der Waals surface area contributed by atoms with Crippen molar-refractivity contribution in [2.45, 2.75) is 425 Å². The molecular weight excluding hydrogens is 973 g/mol. The Kier molecular flexibility index (Phi) is 67.0. The fourth-order valence-corrected chi connectivity index (χ4v) is 11.3. The number of carbonyl (C=O) groups excluding carboxylic acids is 3. The third-order valence-electron chi connectivity index (χ3n) is 16.8. The van der Waals surface area contributed by atoms with Gasteiger partial charge in [-0.05, 0) is 44.9 Å². The molecule has 0 N–H and O–H groups in total. The number of allylic oxidation sites excluding steroid dienone is 2. The van der Waals surface area contributed by atoms with Crippen LogP contribution < -0.4 is 0 Å². The monoisotopic (exact) mass is 1110 g/mol. The van der Waals surface area contributed by atoms with Gasteiger partial charge in [0.25, 0.3) is 0 Å². The molecule has 0 saturated carbocycles. The predicted octanol–water partition coefficient (Wildman–Crippen LogP) is 24.8. The molecule has 79 heavy (non-hydrogen) atoms. The summed E-state index contributed by atoms with van der Waals surface area (Å²) in [5.74, 6) is -0.836. The Labute approximate surface area is 494 Å². The summed E-state index contributed by atoms with van der Waals surface area (Å²) in [5.41, 5.74) is 0. The van der Waals surface area contributed by atoms with Gasteiger partial charge < -0.3 is 14.2 Å². The quantitative estimate of drug-likeness (QED) is 0.0261. The lowest BCUT2D eigenvalue weighted by molar-refractivity contribution is -0.167. The van der Waals surface area contributed by atoms with Gasteiger partial charge in [-0.2, -0.15) is 0 Å². The molecule has 0 aromatic heterocycles. The zero-order valence-corrected chi connectivity index (χ0v) is 53.9. The Bertz CT molecular complexity index is 1230. The molecule has 0 aliphatic rings. The first-order valence-corrected chi connectivity index (χ1v) is 36.2. The summed E-state index contributed by atoms with van der Waals surface area (Å²) in [6.45, 7) is 6.71. The van der Waals surface area contributed by atoms with Crippen molar-refractivity contribution >= 4 is 17.9 Å². The topological polar surface area (TPSA) is 78.9 Å². The summed E-state index contributed by atoms with van der Waals surface area (Å²) in [4.78, 5) is 38.3. The van der Waals surface area contributed by atoms with Gasteiger partial charge in [-0.3, -0.25) is 14.4 Å². The van der Waals surface area contributed by atoms with Crippen LogP contribution in [0, 0.1) is 0 Å². The van der Waals surface area contributed by atoms with Crippen LogP contribution in [0.1, 0.15) is 419 Å². The van der Waals surface area contributed by atoms with Crippen LogP contribution >= 0.6 is 0 Å². The molecule has 0 aliphatic heterocycles. The number of hydrogen-bond donors (Lipinski definition) is 0. The van der Waals surface area contributed by atoms with Crippen LogP contribution in [0.2, 0.25) is 0 Å². The number of hydrogen-bond acceptors (Lipinski definition) is 6. The van der Waals surface area contributed by atoms with E-state index in [1.807, 2.05) is 0 Å². The SMILES string of the molecule is CCCCCCCC/C=C\CCCCCCCCCCCC(=O)OC(COC(=O)CCCCCCCCCCCC)COC(=O)CCCCCCCCCCCCCCCCCCCCCCCCCCCCCCCCCC. The van der Waals surface area contributed by atoms with Crippen molar-refractivity contribution in [2.75, 3.05) is 13.2 Å². The second-order valence-electron chi connectivity index (χ2n) is 24.9. The maximum absolute atomic E-state index is 12.9. The van der Waals surface area contributed by atoms with Crippen molar-refractivity contribution in [3.63, 3.8) is 0 Å². The van der Waals surface area contributed by atoms with Gasteiger partial charge >= 0.3 is 17.9 Å². The number of carbonyl (C=O) groups is 3. The number of ether oxygens (including phenoxy) is 3. The van der Waals surface area contributed by atoms with Crippen LogP contribution in [0.5, 0.6) is 0 Å². The van der Waals surface area contributed by atoms with Gasteiger partial charge in [-0.15, -0.1) is 0 Å². The number of unbranched alkanes of at least 4 members (excludes halogenated alkanes) is 55. The molecule has 468 valence electrons. The third kappa shape index (κ3) is 66.8. The summed E-state index contributed by atoms with van der Waals surface area (Å²) in [5, 5.41) is 0. The largest absolute Gasteiger partial charge is 0.462 e. The van der Waals surface area contributed by atoms with Crippen molar-refractivity contribution in [1.29, 1.82) is 0 Å². The maximum Gasteiger partial charge on any atom is 0.306 e. The molecule has 1 atom stereocenters.